The van der Waals surface area contributed by atoms with Crippen molar-refractivity contribution in [3.8, 4) is 5.75 Å². The molecule has 0 bridgehead atoms. The standard InChI is InChI=1S/C55H83NO4/c1-7-8-9-10-11-12-13-14-15-16-17-18-38-59-46-29-24-42(25-30-46)52(57)56-45-27-22-43(23-28-45)53(58)60-47-34-36-54(5)44(39-47)26-31-48-50-33-32-49(41(4)21-19-20-40(2)3)55(50,6)37-35-51(48)54/h22-30,40-41,47-51H,7-21,31-39H2,1-6H3,(H,56,57)/t41-,47?,48+,49-,50+,51+,54+,55-/m1/s1. The van der Waals surface area contributed by atoms with Crippen molar-refractivity contribution in [3.63, 3.8) is 0 Å². The molecule has 8 atom stereocenters. The molecular weight excluding hydrogens is 739 g/mol. The van der Waals surface area contributed by atoms with Gasteiger partial charge in [0.1, 0.15) is 11.9 Å². The fraction of sp³-hybridized carbons (Fsp3) is 0.709. The number of anilines is 1. The van der Waals surface area contributed by atoms with Gasteiger partial charge in [-0.1, -0.05) is 143 Å². The Hall–Kier alpha value is -3.08. The first-order chi connectivity index (χ1) is 29.0. The van der Waals surface area contributed by atoms with Gasteiger partial charge in [-0.15, -0.1) is 0 Å². The van der Waals surface area contributed by atoms with Gasteiger partial charge in [0.2, 0.25) is 0 Å². The summed E-state index contributed by atoms with van der Waals surface area (Å²) < 4.78 is 12.1. The first kappa shape index (κ1) is 46.4. The first-order valence-electron chi connectivity index (χ1n) is 25.1. The van der Waals surface area contributed by atoms with Gasteiger partial charge < -0.3 is 14.8 Å². The summed E-state index contributed by atoms with van der Waals surface area (Å²) in [6.07, 6.45) is 32.2. The maximum absolute atomic E-state index is 13.4. The molecule has 5 nitrogen and oxygen atoms in total. The van der Waals surface area contributed by atoms with Crippen LogP contribution >= 0.6 is 0 Å². The zero-order valence-electron chi connectivity index (χ0n) is 38.8. The molecule has 5 heteroatoms. The number of hydrogen-bond donors (Lipinski definition) is 1. The minimum Gasteiger partial charge on any atom is -0.494 e. The van der Waals surface area contributed by atoms with Crippen LogP contribution < -0.4 is 10.1 Å². The summed E-state index contributed by atoms with van der Waals surface area (Å²) in [5.74, 6) is 5.26. The summed E-state index contributed by atoms with van der Waals surface area (Å²) in [7, 11) is 0. The van der Waals surface area contributed by atoms with E-state index in [-0.39, 0.29) is 23.4 Å². The van der Waals surface area contributed by atoms with E-state index in [1.807, 2.05) is 24.3 Å². The van der Waals surface area contributed by atoms with Crippen LogP contribution in [0.1, 0.15) is 210 Å². The van der Waals surface area contributed by atoms with Gasteiger partial charge in [-0.05, 0) is 146 Å². The molecule has 0 aliphatic heterocycles. The average molecular weight is 822 g/mol. The number of hydrogen-bond acceptors (Lipinski definition) is 4. The maximum atomic E-state index is 13.4. The van der Waals surface area contributed by atoms with E-state index < -0.39 is 0 Å². The Morgan fingerprint density at radius 3 is 2.03 bits per heavy atom. The number of nitrogens with one attached hydrogen (secondary N) is 1. The van der Waals surface area contributed by atoms with Gasteiger partial charge in [0, 0.05) is 17.7 Å². The number of carbonyl (C=O) groups is 2. The molecule has 1 unspecified atom stereocenters. The molecule has 4 aliphatic carbocycles. The second-order valence-electron chi connectivity index (χ2n) is 20.9. The molecule has 3 saturated carbocycles. The van der Waals surface area contributed by atoms with Gasteiger partial charge in [-0.2, -0.15) is 0 Å². The van der Waals surface area contributed by atoms with E-state index in [4.69, 9.17) is 9.47 Å². The fourth-order valence-corrected chi connectivity index (χ4v) is 12.7. The Balaban J connectivity index is 0.899. The van der Waals surface area contributed by atoms with Gasteiger partial charge in [0.25, 0.3) is 5.91 Å². The second-order valence-corrected chi connectivity index (χ2v) is 20.9. The summed E-state index contributed by atoms with van der Waals surface area (Å²) in [6, 6.07) is 14.5. The summed E-state index contributed by atoms with van der Waals surface area (Å²) >= 11 is 0. The normalized spacial score (nSPS) is 27.6. The lowest BCUT2D eigenvalue weighted by Crippen LogP contribution is -2.51. The highest BCUT2D eigenvalue weighted by molar-refractivity contribution is 6.04. The van der Waals surface area contributed by atoms with Gasteiger partial charge in [0.15, 0.2) is 0 Å². The van der Waals surface area contributed by atoms with E-state index in [9.17, 15) is 9.59 Å². The molecule has 3 fully saturated rings. The smallest absolute Gasteiger partial charge is 0.338 e. The lowest BCUT2D eigenvalue weighted by molar-refractivity contribution is -0.0594. The molecule has 60 heavy (non-hydrogen) atoms. The van der Waals surface area contributed by atoms with E-state index in [2.05, 4.69) is 52.9 Å². The van der Waals surface area contributed by atoms with Crippen molar-refractivity contribution in [3.05, 3.63) is 71.3 Å². The quantitative estimate of drug-likeness (QED) is 0.0689. The van der Waals surface area contributed by atoms with Crippen LogP contribution in [0.3, 0.4) is 0 Å². The van der Waals surface area contributed by atoms with Crippen LogP contribution in [0.25, 0.3) is 0 Å². The third kappa shape index (κ3) is 11.9. The van der Waals surface area contributed by atoms with Crippen molar-refractivity contribution >= 4 is 17.6 Å². The van der Waals surface area contributed by atoms with Crippen molar-refractivity contribution in [2.75, 3.05) is 11.9 Å². The average Bonchev–Trinajstić information content (AvgIpc) is 3.60. The number of fused-ring (bicyclic) bond motifs is 5. The summed E-state index contributed by atoms with van der Waals surface area (Å²) in [4.78, 5) is 26.4. The minimum absolute atomic E-state index is 0.0827. The molecule has 332 valence electrons. The van der Waals surface area contributed by atoms with Gasteiger partial charge >= 0.3 is 5.97 Å². The van der Waals surface area contributed by atoms with Crippen molar-refractivity contribution < 1.29 is 19.1 Å². The minimum atomic E-state index is -0.275. The number of allylic oxidation sites excluding steroid dienone is 1. The van der Waals surface area contributed by atoms with Crippen LogP contribution in [0, 0.1) is 46.3 Å². The zero-order valence-corrected chi connectivity index (χ0v) is 38.8. The van der Waals surface area contributed by atoms with Crippen molar-refractivity contribution in [1.29, 1.82) is 0 Å². The second kappa shape index (κ2) is 22.3. The fourth-order valence-electron chi connectivity index (χ4n) is 12.7. The predicted molar refractivity (Wildman–Crippen MR) is 250 cm³/mol. The lowest BCUT2D eigenvalue weighted by atomic mass is 9.47. The maximum Gasteiger partial charge on any atom is 0.338 e. The number of rotatable bonds is 23. The highest BCUT2D eigenvalue weighted by Gasteiger charge is 2.59. The number of unbranched alkanes of at least 4 members (excludes halogenated alkanes) is 11. The number of ether oxygens (including phenoxy) is 2. The SMILES string of the molecule is CCCCCCCCCCCCCCOc1ccc(C(=O)Nc2ccc(C(=O)OC3CC[C@@]4(C)C(=CC[C@H]5[C@@H]6CC[C@H]([C@H](C)CCCC(C)C)[C@@]6(C)CC[C@@H]54)C3)cc2)cc1. The lowest BCUT2D eigenvalue weighted by Gasteiger charge is -2.58. The van der Waals surface area contributed by atoms with Crippen LogP contribution in [-0.2, 0) is 4.74 Å². The van der Waals surface area contributed by atoms with Crippen LogP contribution in [0.5, 0.6) is 5.75 Å². The molecule has 6 rings (SSSR count). The van der Waals surface area contributed by atoms with Crippen LogP contribution in [0.15, 0.2) is 60.2 Å². The third-order valence-corrected chi connectivity index (χ3v) is 16.3. The molecule has 0 radical (unpaired) electrons. The van der Waals surface area contributed by atoms with Crippen LogP contribution in [0.4, 0.5) is 5.69 Å². The van der Waals surface area contributed by atoms with E-state index in [1.54, 1.807) is 29.8 Å². The molecule has 1 amide bonds. The predicted octanol–water partition coefficient (Wildman–Crippen LogP) is 15.6. The Morgan fingerprint density at radius 2 is 1.37 bits per heavy atom. The Bertz CT molecular complexity index is 1660. The topological polar surface area (TPSA) is 64.6 Å². The molecule has 0 heterocycles. The largest absolute Gasteiger partial charge is 0.494 e. The van der Waals surface area contributed by atoms with Crippen molar-refractivity contribution in [2.45, 2.75) is 195 Å². The van der Waals surface area contributed by atoms with E-state index >= 15 is 0 Å². The molecule has 0 aromatic heterocycles. The van der Waals surface area contributed by atoms with Gasteiger partial charge in [-0.25, -0.2) is 4.79 Å². The molecule has 0 spiro atoms. The molecule has 0 saturated heterocycles. The van der Waals surface area contributed by atoms with Crippen LogP contribution in [0.2, 0.25) is 0 Å². The molecule has 4 aliphatic rings. The summed E-state index contributed by atoms with van der Waals surface area (Å²) in [6.45, 7) is 15.5. The molecule has 2 aromatic rings. The van der Waals surface area contributed by atoms with Crippen molar-refractivity contribution in [2.24, 2.45) is 46.3 Å². The first-order valence-corrected chi connectivity index (χ1v) is 25.1. The van der Waals surface area contributed by atoms with Crippen molar-refractivity contribution in [1.82, 2.24) is 0 Å². The number of carbonyl (C=O) groups excluding carboxylic acids is 2. The molecule has 2 aromatic carbocycles. The highest BCUT2D eigenvalue weighted by Crippen LogP contribution is 2.67. The zero-order chi connectivity index (χ0) is 42.5. The van der Waals surface area contributed by atoms with Gasteiger partial charge in [-0.3, -0.25) is 4.79 Å². The summed E-state index contributed by atoms with van der Waals surface area (Å²) in [5.41, 5.74) is 4.02. The molecule has 1 N–H and O–H groups in total. The Kier molecular flexibility index (Phi) is 17.3. The Labute approximate surface area is 366 Å². The number of amides is 1. The molecular formula is C55H83NO4. The van der Waals surface area contributed by atoms with E-state index in [0.29, 0.717) is 28.8 Å². The monoisotopic (exact) mass is 822 g/mol. The Morgan fingerprint density at radius 1 is 0.717 bits per heavy atom. The van der Waals surface area contributed by atoms with Gasteiger partial charge in [0.05, 0.1) is 12.2 Å². The highest BCUT2D eigenvalue weighted by atomic mass is 16.5. The van der Waals surface area contributed by atoms with E-state index in [1.165, 1.54) is 122 Å². The number of benzene rings is 2. The van der Waals surface area contributed by atoms with E-state index in [0.717, 1.165) is 66.9 Å². The summed E-state index contributed by atoms with van der Waals surface area (Å²) in [5, 5.41) is 2.98. The third-order valence-electron chi connectivity index (χ3n) is 16.3. The van der Waals surface area contributed by atoms with Crippen LogP contribution in [-0.4, -0.2) is 24.6 Å². The number of esters is 1.